The highest BCUT2D eigenvalue weighted by atomic mass is 16.5. The predicted molar refractivity (Wildman–Crippen MR) is 137 cm³/mol. The van der Waals surface area contributed by atoms with Crippen molar-refractivity contribution in [3.05, 3.63) is 63.8 Å². The number of nitrogens with zero attached hydrogens (tertiary/aromatic N) is 1. The van der Waals surface area contributed by atoms with Crippen molar-refractivity contribution in [3.8, 4) is 5.75 Å². The average Bonchev–Trinajstić information content (AvgIpc) is 3.36. The van der Waals surface area contributed by atoms with Crippen LogP contribution >= 0.6 is 0 Å². The molecule has 2 aromatic carbocycles. The number of nitrogens with one attached hydrogen (secondary N) is 1. The summed E-state index contributed by atoms with van der Waals surface area (Å²) in [7, 11) is 3.53. The van der Waals surface area contributed by atoms with E-state index in [1.165, 1.54) is 27.6 Å². The van der Waals surface area contributed by atoms with Crippen molar-refractivity contribution in [2.75, 3.05) is 27.4 Å². The highest BCUT2D eigenvalue weighted by Gasteiger charge is 2.34. The molecule has 2 atom stereocenters. The number of carboxylic acid groups (broad SMARTS) is 1. The van der Waals surface area contributed by atoms with E-state index in [1.807, 2.05) is 12.3 Å². The first kappa shape index (κ1) is 23.9. The Morgan fingerprint density at radius 1 is 1.17 bits per heavy atom. The van der Waals surface area contributed by atoms with Gasteiger partial charge in [-0.1, -0.05) is 6.07 Å². The number of fused-ring (bicyclic) bond motifs is 2. The maximum Gasteiger partial charge on any atom is 0.335 e. The number of piperidine rings is 1. The van der Waals surface area contributed by atoms with Gasteiger partial charge < -0.3 is 19.6 Å². The molecule has 1 aliphatic heterocycles. The van der Waals surface area contributed by atoms with Crippen LogP contribution in [0.1, 0.15) is 69.9 Å². The first-order valence-electron chi connectivity index (χ1n) is 12.8. The lowest BCUT2D eigenvalue weighted by molar-refractivity contribution is 0.0574. The smallest absolute Gasteiger partial charge is 0.335 e. The van der Waals surface area contributed by atoms with Gasteiger partial charge in [0.05, 0.1) is 12.7 Å². The highest BCUT2D eigenvalue weighted by molar-refractivity contribution is 5.90. The molecular weight excluding hydrogens is 440 g/mol. The molecule has 35 heavy (non-hydrogen) atoms. The van der Waals surface area contributed by atoms with Crippen LogP contribution in [0.4, 0.5) is 0 Å². The lowest BCUT2D eigenvalue weighted by Gasteiger charge is -2.41. The zero-order valence-corrected chi connectivity index (χ0v) is 21.0. The van der Waals surface area contributed by atoms with Crippen LogP contribution in [0.25, 0.3) is 10.9 Å². The van der Waals surface area contributed by atoms with Gasteiger partial charge in [-0.15, -0.1) is 0 Å². The minimum Gasteiger partial charge on any atom is -0.496 e. The van der Waals surface area contributed by atoms with Crippen LogP contribution in [0.15, 0.2) is 30.5 Å². The minimum absolute atomic E-state index is 0.221. The van der Waals surface area contributed by atoms with Crippen molar-refractivity contribution >= 4 is 16.9 Å². The number of benzene rings is 2. The lowest BCUT2D eigenvalue weighted by atomic mass is 9.79. The summed E-state index contributed by atoms with van der Waals surface area (Å²) in [6.07, 6.45) is 8.09. The van der Waals surface area contributed by atoms with Crippen LogP contribution in [-0.2, 0) is 24.1 Å². The topological polar surface area (TPSA) is 74.8 Å². The van der Waals surface area contributed by atoms with Crippen molar-refractivity contribution in [1.82, 2.24) is 9.88 Å². The fraction of sp³-hybridized carbons (Fsp3) is 0.483. The third kappa shape index (κ3) is 4.45. The van der Waals surface area contributed by atoms with Crippen molar-refractivity contribution in [2.45, 2.75) is 58.0 Å². The molecule has 2 N–H and O–H groups in total. The average molecular weight is 477 g/mol. The van der Waals surface area contributed by atoms with Gasteiger partial charge in [0.2, 0.25) is 0 Å². The quantitative estimate of drug-likeness (QED) is 0.460. The number of aromatic amines is 1. The molecule has 5 rings (SSSR count). The maximum atomic E-state index is 12.0. The summed E-state index contributed by atoms with van der Waals surface area (Å²) in [5.41, 5.74) is 7.66. The maximum absolute atomic E-state index is 12.0. The standard InChI is InChI=1S/C29H36N2O4/c1-18-14-27(35-3)25(23-10-12-30-28(18)23)16-31-13-11-19(17-34-2)15-26(31)22-8-9-24(29(32)33)21-7-5-4-6-20(21)22/h8-10,12,14,19,26,30H,4-7,11,13,15-17H2,1-3H3,(H,32,33)/t19?,26-/m0/s1. The molecule has 0 bridgehead atoms. The Bertz CT molecular complexity index is 1230. The van der Waals surface area contributed by atoms with Gasteiger partial charge in [0, 0.05) is 49.0 Å². The number of likely N-dealkylation sites (tertiary alicyclic amines) is 1. The summed E-state index contributed by atoms with van der Waals surface area (Å²) in [6.45, 7) is 4.63. The first-order chi connectivity index (χ1) is 17.0. The van der Waals surface area contributed by atoms with Crippen molar-refractivity contribution in [3.63, 3.8) is 0 Å². The van der Waals surface area contributed by atoms with E-state index in [2.05, 4.69) is 35.0 Å². The van der Waals surface area contributed by atoms with Gasteiger partial charge in [-0.05, 0) is 98.4 Å². The van der Waals surface area contributed by atoms with E-state index in [9.17, 15) is 9.90 Å². The number of aromatic carboxylic acids is 1. The van der Waals surface area contributed by atoms with Gasteiger partial charge in [-0.3, -0.25) is 4.90 Å². The van der Waals surface area contributed by atoms with E-state index in [4.69, 9.17) is 9.47 Å². The Labute approximate surface area is 207 Å². The Balaban J connectivity index is 1.57. The normalized spacial score (nSPS) is 20.7. The molecule has 2 aliphatic rings. The number of carboxylic acids is 1. The molecule has 3 aromatic rings. The summed E-state index contributed by atoms with van der Waals surface area (Å²) in [4.78, 5) is 17.9. The summed E-state index contributed by atoms with van der Waals surface area (Å²) in [6, 6.07) is 8.44. The number of rotatable bonds is 7. The van der Waals surface area contributed by atoms with Crippen molar-refractivity contribution in [2.24, 2.45) is 5.92 Å². The van der Waals surface area contributed by atoms with Crippen LogP contribution in [0.5, 0.6) is 5.75 Å². The van der Waals surface area contributed by atoms with E-state index >= 15 is 0 Å². The molecule has 0 spiro atoms. The molecule has 6 nitrogen and oxygen atoms in total. The van der Waals surface area contributed by atoms with Crippen LogP contribution in [0, 0.1) is 12.8 Å². The molecule has 1 unspecified atom stereocenters. The first-order valence-corrected chi connectivity index (χ1v) is 12.8. The highest BCUT2D eigenvalue weighted by Crippen LogP contribution is 2.42. The molecule has 0 amide bonds. The lowest BCUT2D eigenvalue weighted by Crippen LogP contribution is -2.38. The molecule has 6 heteroatoms. The summed E-state index contributed by atoms with van der Waals surface area (Å²) < 4.78 is 11.4. The van der Waals surface area contributed by atoms with Crippen molar-refractivity contribution < 1.29 is 19.4 Å². The van der Waals surface area contributed by atoms with Gasteiger partial charge in [0.25, 0.3) is 0 Å². The third-order valence-corrected chi connectivity index (χ3v) is 8.08. The molecular formula is C29H36N2O4. The monoisotopic (exact) mass is 476 g/mol. The summed E-state index contributed by atoms with van der Waals surface area (Å²) in [5, 5.41) is 11.0. The minimum atomic E-state index is -0.813. The third-order valence-electron chi connectivity index (χ3n) is 8.08. The van der Waals surface area contributed by atoms with Gasteiger partial charge in [0.1, 0.15) is 5.75 Å². The second-order valence-electron chi connectivity index (χ2n) is 10.1. The molecule has 2 heterocycles. The number of methoxy groups -OCH3 is 2. The molecule has 1 saturated heterocycles. The molecule has 1 aliphatic carbocycles. The molecule has 186 valence electrons. The van der Waals surface area contributed by atoms with E-state index < -0.39 is 5.97 Å². The number of hydrogen-bond acceptors (Lipinski definition) is 4. The molecule has 1 aromatic heterocycles. The second-order valence-corrected chi connectivity index (χ2v) is 10.1. The predicted octanol–water partition coefficient (Wildman–Crippen LogP) is 5.66. The Morgan fingerprint density at radius 2 is 1.97 bits per heavy atom. The molecule has 0 radical (unpaired) electrons. The number of H-pyrrole nitrogens is 1. The van der Waals surface area contributed by atoms with E-state index in [0.717, 1.165) is 75.1 Å². The fourth-order valence-electron chi connectivity index (χ4n) is 6.38. The molecule has 0 saturated carbocycles. The van der Waals surface area contributed by atoms with Gasteiger partial charge in [-0.2, -0.15) is 0 Å². The van der Waals surface area contributed by atoms with Crippen LogP contribution < -0.4 is 4.74 Å². The number of aryl methyl sites for hydroxylation is 1. The second kappa shape index (κ2) is 10.0. The largest absolute Gasteiger partial charge is 0.496 e. The van der Waals surface area contributed by atoms with Crippen LogP contribution in [-0.4, -0.2) is 48.3 Å². The summed E-state index contributed by atoms with van der Waals surface area (Å²) in [5.74, 6) is 0.606. The number of carbonyl (C=O) groups is 1. The number of ether oxygens (including phenoxy) is 2. The number of hydrogen-bond donors (Lipinski definition) is 2. The van der Waals surface area contributed by atoms with Gasteiger partial charge in [-0.25, -0.2) is 4.79 Å². The van der Waals surface area contributed by atoms with Crippen LogP contribution in [0.2, 0.25) is 0 Å². The van der Waals surface area contributed by atoms with Crippen LogP contribution in [0.3, 0.4) is 0 Å². The van der Waals surface area contributed by atoms with E-state index in [0.29, 0.717) is 11.5 Å². The van der Waals surface area contributed by atoms with Gasteiger partial charge in [0.15, 0.2) is 0 Å². The Hall–Kier alpha value is -2.83. The van der Waals surface area contributed by atoms with E-state index in [-0.39, 0.29) is 6.04 Å². The van der Waals surface area contributed by atoms with Crippen molar-refractivity contribution in [1.29, 1.82) is 0 Å². The zero-order chi connectivity index (χ0) is 24.5. The fourth-order valence-corrected chi connectivity index (χ4v) is 6.38. The number of aromatic nitrogens is 1. The Kier molecular flexibility index (Phi) is 6.85. The van der Waals surface area contributed by atoms with E-state index in [1.54, 1.807) is 14.2 Å². The van der Waals surface area contributed by atoms with Gasteiger partial charge >= 0.3 is 5.97 Å². The zero-order valence-electron chi connectivity index (χ0n) is 21.0. The SMILES string of the molecule is COCC1CCN(Cc2c(OC)cc(C)c3[nH]ccc23)[C@H](c2ccc(C(=O)O)c3c2CCCC3)C1. The molecule has 1 fully saturated rings. The summed E-state index contributed by atoms with van der Waals surface area (Å²) >= 11 is 0. The Morgan fingerprint density at radius 3 is 2.71 bits per heavy atom.